The van der Waals surface area contributed by atoms with Crippen molar-refractivity contribution in [1.82, 2.24) is 25.8 Å². The number of hydrogen-bond donors (Lipinski definition) is 4. The van der Waals surface area contributed by atoms with Gasteiger partial charge in [-0.25, -0.2) is 11.6 Å². The normalized spacial score (nSPS) is 20.6. The molecule has 2 aliphatic rings. The van der Waals surface area contributed by atoms with Crippen LogP contribution in [0.3, 0.4) is 0 Å². The predicted molar refractivity (Wildman–Crippen MR) is 158 cm³/mol. The monoisotopic (exact) mass is 594 g/mol. The average Bonchev–Trinajstić information content (AvgIpc) is 3.49. The van der Waals surface area contributed by atoms with Crippen molar-refractivity contribution in [3.05, 3.63) is 52.5 Å². The fraction of sp³-hybridized carbons (Fsp3) is 0.533. The molecule has 0 bridgehead atoms. The van der Waals surface area contributed by atoms with E-state index in [0.717, 1.165) is 16.1 Å². The SMILES string of the molecule is [C-]#[N+]C1(C(=O)N[C@H](C(=O)N2C[C@H](O)C[C@H]2C(=O)N[C@@H](CC(=O)NC)c2ccc(-c3scnc3C)cc2)C(C)(C)C)CC1. The van der Waals surface area contributed by atoms with Crippen molar-refractivity contribution in [2.45, 2.75) is 83.1 Å². The molecule has 4 rings (SSSR count). The predicted octanol–water partition coefficient (Wildman–Crippen LogP) is 2.36. The third-order valence-electron chi connectivity index (χ3n) is 7.92. The summed E-state index contributed by atoms with van der Waals surface area (Å²) in [5, 5.41) is 18.8. The van der Waals surface area contributed by atoms with Gasteiger partial charge in [-0.05, 0) is 23.5 Å². The minimum absolute atomic E-state index is 0.0185. The first-order valence-corrected chi connectivity index (χ1v) is 14.9. The van der Waals surface area contributed by atoms with Gasteiger partial charge in [0.15, 0.2) is 0 Å². The summed E-state index contributed by atoms with van der Waals surface area (Å²) in [6, 6.07) is 4.84. The van der Waals surface area contributed by atoms with Crippen LogP contribution in [0.25, 0.3) is 15.3 Å². The highest BCUT2D eigenvalue weighted by molar-refractivity contribution is 7.13. The zero-order valence-corrected chi connectivity index (χ0v) is 25.4. The van der Waals surface area contributed by atoms with E-state index >= 15 is 0 Å². The molecule has 1 aromatic heterocycles. The topological polar surface area (TPSA) is 145 Å². The van der Waals surface area contributed by atoms with Crippen molar-refractivity contribution in [3.8, 4) is 10.4 Å². The van der Waals surface area contributed by atoms with Gasteiger partial charge in [0.1, 0.15) is 12.1 Å². The number of β-amino-alcohol motifs (C(OH)–C–C–N with tert-alkyl or cyclic N) is 1. The Morgan fingerprint density at radius 1 is 1.19 bits per heavy atom. The Morgan fingerprint density at radius 3 is 2.38 bits per heavy atom. The van der Waals surface area contributed by atoms with E-state index in [1.54, 1.807) is 26.3 Å². The molecule has 1 saturated heterocycles. The van der Waals surface area contributed by atoms with E-state index in [1.807, 2.05) is 31.2 Å². The first-order chi connectivity index (χ1) is 19.8. The Kier molecular flexibility index (Phi) is 9.03. The van der Waals surface area contributed by atoms with Crippen LogP contribution >= 0.6 is 11.3 Å². The van der Waals surface area contributed by atoms with Gasteiger partial charge >= 0.3 is 11.4 Å². The molecule has 0 spiro atoms. The molecule has 11 nitrogen and oxygen atoms in total. The van der Waals surface area contributed by atoms with Gasteiger partial charge < -0.3 is 26.0 Å². The fourth-order valence-corrected chi connectivity index (χ4v) is 5.96. The lowest BCUT2D eigenvalue weighted by atomic mass is 9.85. The summed E-state index contributed by atoms with van der Waals surface area (Å²) in [7, 11) is 1.52. The molecule has 1 aliphatic heterocycles. The first-order valence-electron chi connectivity index (χ1n) is 14.0. The van der Waals surface area contributed by atoms with Crippen molar-refractivity contribution in [3.63, 3.8) is 0 Å². The molecular formula is C30H38N6O5S. The molecule has 4 amide bonds. The minimum atomic E-state index is -1.13. The van der Waals surface area contributed by atoms with E-state index in [-0.39, 0.29) is 25.3 Å². The second kappa shape index (κ2) is 12.2. The van der Waals surface area contributed by atoms with Crippen LogP contribution in [0.2, 0.25) is 0 Å². The number of thiazole rings is 1. The number of likely N-dealkylation sites (tertiary alicyclic amines) is 1. The number of nitrogens with zero attached hydrogens (tertiary/aromatic N) is 3. The highest BCUT2D eigenvalue weighted by Crippen LogP contribution is 2.40. The third-order valence-corrected chi connectivity index (χ3v) is 8.90. The lowest BCUT2D eigenvalue weighted by molar-refractivity contribution is -0.144. The molecule has 224 valence electrons. The number of carbonyl (C=O) groups is 4. The van der Waals surface area contributed by atoms with Crippen LogP contribution in [0.5, 0.6) is 0 Å². The van der Waals surface area contributed by atoms with E-state index < -0.39 is 52.9 Å². The largest absolute Gasteiger partial charge is 0.391 e. The maximum atomic E-state index is 13.9. The van der Waals surface area contributed by atoms with Crippen molar-refractivity contribution in [2.24, 2.45) is 5.41 Å². The van der Waals surface area contributed by atoms with Crippen LogP contribution in [-0.4, -0.2) is 75.9 Å². The van der Waals surface area contributed by atoms with Crippen molar-refractivity contribution >= 4 is 35.0 Å². The maximum Gasteiger partial charge on any atom is 0.309 e. The second-order valence-corrected chi connectivity index (χ2v) is 13.0. The molecule has 12 heteroatoms. The molecule has 1 aliphatic carbocycles. The summed E-state index contributed by atoms with van der Waals surface area (Å²) in [6.45, 7) is 14.6. The molecule has 1 aromatic carbocycles. The molecule has 1 saturated carbocycles. The van der Waals surface area contributed by atoms with Crippen molar-refractivity contribution in [1.29, 1.82) is 0 Å². The smallest absolute Gasteiger partial charge is 0.309 e. The lowest BCUT2D eigenvalue weighted by Crippen LogP contribution is -2.59. The van der Waals surface area contributed by atoms with Crippen LogP contribution in [0.1, 0.15) is 63.8 Å². The summed E-state index contributed by atoms with van der Waals surface area (Å²) in [4.78, 5) is 62.9. The number of nitrogens with one attached hydrogen (secondary N) is 3. The summed E-state index contributed by atoms with van der Waals surface area (Å²) in [6.07, 6.45) is -0.0519. The third kappa shape index (κ3) is 6.63. The number of benzene rings is 1. The summed E-state index contributed by atoms with van der Waals surface area (Å²) < 4.78 is 0. The molecular weight excluding hydrogens is 556 g/mol. The minimum Gasteiger partial charge on any atom is -0.391 e. The van der Waals surface area contributed by atoms with E-state index in [0.29, 0.717) is 18.4 Å². The summed E-state index contributed by atoms with van der Waals surface area (Å²) in [5.41, 5.74) is 2.52. The van der Waals surface area contributed by atoms with Gasteiger partial charge in [0.25, 0.3) is 0 Å². The quantitative estimate of drug-likeness (QED) is 0.328. The molecule has 0 radical (unpaired) electrons. The van der Waals surface area contributed by atoms with Gasteiger partial charge in [0.05, 0.1) is 34.6 Å². The number of carbonyl (C=O) groups excluding carboxylic acids is 4. The number of hydrogen-bond acceptors (Lipinski definition) is 7. The average molecular weight is 595 g/mol. The fourth-order valence-electron chi connectivity index (χ4n) is 5.15. The van der Waals surface area contributed by atoms with Crippen LogP contribution in [0.4, 0.5) is 0 Å². The Balaban J connectivity index is 1.55. The van der Waals surface area contributed by atoms with Gasteiger partial charge in [-0.1, -0.05) is 45.0 Å². The highest BCUT2D eigenvalue weighted by atomic mass is 32.1. The molecule has 4 N–H and O–H groups in total. The van der Waals surface area contributed by atoms with Crippen LogP contribution in [-0.2, 0) is 19.2 Å². The zero-order chi connectivity index (χ0) is 30.8. The van der Waals surface area contributed by atoms with Gasteiger partial charge in [0.2, 0.25) is 17.7 Å². The maximum absolute atomic E-state index is 13.9. The molecule has 2 fully saturated rings. The van der Waals surface area contributed by atoms with Crippen LogP contribution < -0.4 is 16.0 Å². The molecule has 0 unspecified atom stereocenters. The van der Waals surface area contributed by atoms with Crippen molar-refractivity contribution in [2.75, 3.05) is 13.6 Å². The van der Waals surface area contributed by atoms with Crippen LogP contribution in [0.15, 0.2) is 29.8 Å². The standard InChI is InChI=1S/C30H38N6O5S/c1-17-24(42-16-33-17)19-9-7-18(8-10-19)21(14-23(38)31-5)34-26(39)22-13-20(37)15-36(22)27(40)25(29(2,3)4)35-28(41)30(32-6)11-12-30/h7-10,16,20-22,25,37H,11-15H2,1-5H3,(H,31,38)(H,34,39)(H,35,41)/t20-,21+,22+,25-/m1/s1. The molecule has 42 heavy (non-hydrogen) atoms. The van der Waals surface area contributed by atoms with Gasteiger partial charge in [-0.15, -0.1) is 11.3 Å². The van der Waals surface area contributed by atoms with Gasteiger partial charge in [-0.3, -0.25) is 24.0 Å². The number of aromatic nitrogens is 1. The summed E-state index contributed by atoms with van der Waals surface area (Å²) >= 11 is 1.53. The van der Waals surface area contributed by atoms with E-state index in [1.165, 1.54) is 23.3 Å². The number of rotatable bonds is 9. The van der Waals surface area contributed by atoms with E-state index in [2.05, 4.69) is 25.8 Å². The zero-order valence-electron chi connectivity index (χ0n) is 24.6. The first kappa shape index (κ1) is 31.1. The molecule has 4 atom stereocenters. The number of amides is 4. The van der Waals surface area contributed by atoms with Gasteiger partial charge in [-0.2, -0.15) is 0 Å². The number of aliphatic hydroxyl groups is 1. The Bertz CT molecular complexity index is 1390. The van der Waals surface area contributed by atoms with Crippen LogP contribution in [0, 0.1) is 18.9 Å². The van der Waals surface area contributed by atoms with Gasteiger partial charge in [0, 0.05) is 32.9 Å². The molecule has 2 aromatic rings. The number of aryl methyl sites for hydroxylation is 1. The van der Waals surface area contributed by atoms with E-state index in [9.17, 15) is 24.3 Å². The number of aliphatic hydroxyl groups excluding tert-OH is 1. The summed E-state index contributed by atoms with van der Waals surface area (Å²) in [5.74, 6) is -1.77. The highest BCUT2D eigenvalue weighted by Gasteiger charge is 2.59. The second-order valence-electron chi connectivity index (χ2n) is 12.1. The Labute approximate surface area is 249 Å². The Morgan fingerprint density at radius 2 is 1.86 bits per heavy atom. The lowest BCUT2D eigenvalue weighted by Gasteiger charge is -2.35. The Hall–Kier alpha value is -3.82. The van der Waals surface area contributed by atoms with E-state index in [4.69, 9.17) is 6.57 Å². The molecule has 2 heterocycles. The van der Waals surface area contributed by atoms with Crippen molar-refractivity contribution < 1.29 is 24.3 Å².